The van der Waals surface area contributed by atoms with Crippen molar-refractivity contribution in [2.24, 2.45) is 17.8 Å². The molecule has 0 spiro atoms. The topological polar surface area (TPSA) is 9.23 Å². The Balaban J connectivity index is 2.80. The summed E-state index contributed by atoms with van der Waals surface area (Å²) < 4.78 is 6.67. The summed E-state index contributed by atoms with van der Waals surface area (Å²) in [5.41, 5.74) is 0. The largest absolute Gasteiger partial charge is 0.414 e. The molecule has 1 rings (SSSR count). The Hall–Kier alpha value is 0.177. The Morgan fingerprint density at radius 2 is 1.27 bits per heavy atom. The fraction of sp³-hybridized carbons (Fsp3) is 1.00. The molecule has 1 fully saturated rings. The third kappa shape index (κ3) is 6.74. The second kappa shape index (κ2) is 10.1. The lowest BCUT2D eigenvalue weighted by molar-refractivity contribution is 0.123. The van der Waals surface area contributed by atoms with Gasteiger partial charge in [-0.1, -0.05) is 65.7 Å². The Labute approximate surface area is 141 Å². The van der Waals surface area contributed by atoms with Gasteiger partial charge in [-0.05, 0) is 56.7 Å². The lowest BCUT2D eigenvalue weighted by atomic mass is 9.80. The summed E-state index contributed by atoms with van der Waals surface area (Å²) in [4.78, 5) is 0. The lowest BCUT2D eigenvalue weighted by Crippen LogP contribution is -2.35. The van der Waals surface area contributed by atoms with Crippen molar-refractivity contribution in [1.29, 1.82) is 0 Å². The smallest absolute Gasteiger partial charge is 0.184 e. The molecule has 22 heavy (non-hydrogen) atoms. The van der Waals surface area contributed by atoms with Gasteiger partial charge in [0.25, 0.3) is 0 Å². The first-order valence-corrected chi connectivity index (χ1v) is 13.5. The van der Waals surface area contributed by atoms with Crippen LogP contribution in [0.25, 0.3) is 0 Å². The van der Waals surface area contributed by atoms with Crippen LogP contribution < -0.4 is 0 Å². The van der Waals surface area contributed by atoms with Gasteiger partial charge in [-0.3, -0.25) is 0 Å². The molecular formula is C20H42OSi. The van der Waals surface area contributed by atoms with Crippen LogP contribution in [0.2, 0.25) is 19.6 Å². The molecule has 4 unspecified atom stereocenters. The quantitative estimate of drug-likeness (QED) is 0.370. The van der Waals surface area contributed by atoms with E-state index in [0.717, 1.165) is 17.8 Å². The average molecular weight is 327 g/mol. The van der Waals surface area contributed by atoms with Crippen molar-refractivity contribution in [3.63, 3.8) is 0 Å². The van der Waals surface area contributed by atoms with Gasteiger partial charge >= 0.3 is 0 Å². The summed E-state index contributed by atoms with van der Waals surface area (Å²) in [5, 5.41) is 0. The van der Waals surface area contributed by atoms with Crippen molar-refractivity contribution in [1.82, 2.24) is 0 Å². The number of unbranched alkanes of at least 4 members (excludes halogenated alkanes) is 3. The molecule has 1 aliphatic rings. The summed E-state index contributed by atoms with van der Waals surface area (Å²) in [6, 6.07) is 0. The van der Waals surface area contributed by atoms with Crippen molar-refractivity contribution >= 4 is 8.32 Å². The Kier molecular flexibility index (Phi) is 9.31. The highest BCUT2D eigenvalue weighted by Crippen LogP contribution is 2.47. The first kappa shape index (κ1) is 20.2. The van der Waals surface area contributed by atoms with E-state index in [1.54, 1.807) is 0 Å². The van der Waals surface area contributed by atoms with E-state index in [0.29, 0.717) is 6.10 Å². The lowest BCUT2D eigenvalue weighted by Gasteiger charge is -2.31. The predicted octanol–water partition coefficient (Wildman–Crippen LogP) is 7.03. The van der Waals surface area contributed by atoms with Crippen LogP contribution in [0.3, 0.4) is 0 Å². The van der Waals surface area contributed by atoms with Crippen molar-refractivity contribution < 1.29 is 4.43 Å². The van der Waals surface area contributed by atoms with Gasteiger partial charge in [0.2, 0.25) is 0 Å². The summed E-state index contributed by atoms with van der Waals surface area (Å²) in [7, 11) is -1.42. The SMILES string of the molecule is CCCCC1CC(O[Si](C)(C)C)C(CCCC)C1CCCC. The van der Waals surface area contributed by atoms with Crippen LogP contribution in [0.1, 0.15) is 85.0 Å². The fourth-order valence-electron chi connectivity index (χ4n) is 4.39. The first-order chi connectivity index (χ1) is 10.4. The van der Waals surface area contributed by atoms with Gasteiger partial charge in [0.05, 0.1) is 0 Å². The summed E-state index contributed by atoms with van der Waals surface area (Å²) >= 11 is 0. The Bertz CT molecular complexity index is 284. The molecule has 4 atom stereocenters. The summed E-state index contributed by atoms with van der Waals surface area (Å²) in [5.74, 6) is 2.73. The molecule has 2 heteroatoms. The molecule has 0 aromatic carbocycles. The fourth-order valence-corrected chi connectivity index (χ4v) is 5.57. The standard InChI is InChI=1S/C20H42OSi/c1-7-10-13-17-16-20(21-22(4,5)6)19(15-12-9-3)18(17)14-11-8-2/h17-20H,7-16H2,1-6H3. The molecule has 0 N–H and O–H groups in total. The molecule has 0 aromatic heterocycles. The van der Waals surface area contributed by atoms with Gasteiger partial charge < -0.3 is 4.43 Å². The van der Waals surface area contributed by atoms with Crippen LogP contribution in [0.15, 0.2) is 0 Å². The molecule has 132 valence electrons. The van der Waals surface area contributed by atoms with E-state index in [2.05, 4.69) is 40.4 Å². The van der Waals surface area contributed by atoms with E-state index >= 15 is 0 Å². The number of rotatable bonds is 11. The molecule has 0 aromatic rings. The third-order valence-electron chi connectivity index (χ3n) is 5.38. The zero-order valence-electron chi connectivity index (χ0n) is 16.3. The van der Waals surface area contributed by atoms with Crippen LogP contribution in [-0.2, 0) is 4.43 Å². The second-order valence-corrected chi connectivity index (χ2v) is 13.0. The molecular weight excluding hydrogens is 284 g/mol. The molecule has 0 radical (unpaired) electrons. The number of hydrogen-bond acceptors (Lipinski definition) is 1. The molecule has 0 aliphatic heterocycles. The van der Waals surface area contributed by atoms with Gasteiger partial charge in [0.15, 0.2) is 8.32 Å². The van der Waals surface area contributed by atoms with Gasteiger partial charge in [-0.2, -0.15) is 0 Å². The van der Waals surface area contributed by atoms with Crippen LogP contribution in [0.5, 0.6) is 0 Å². The van der Waals surface area contributed by atoms with Crippen molar-refractivity contribution in [3.8, 4) is 0 Å². The van der Waals surface area contributed by atoms with Crippen molar-refractivity contribution in [2.75, 3.05) is 0 Å². The summed E-state index contributed by atoms with van der Waals surface area (Å²) in [6.45, 7) is 14.1. The van der Waals surface area contributed by atoms with E-state index in [1.807, 2.05) is 0 Å². The van der Waals surface area contributed by atoms with Crippen molar-refractivity contribution in [2.45, 2.75) is 111 Å². The zero-order valence-corrected chi connectivity index (χ0v) is 17.3. The molecule has 0 bridgehead atoms. The van der Waals surface area contributed by atoms with E-state index in [9.17, 15) is 0 Å². The van der Waals surface area contributed by atoms with Crippen LogP contribution in [0, 0.1) is 17.8 Å². The molecule has 0 saturated heterocycles. The molecule has 0 heterocycles. The molecule has 1 saturated carbocycles. The first-order valence-electron chi connectivity index (χ1n) is 10.1. The third-order valence-corrected chi connectivity index (χ3v) is 6.39. The average Bonchev–Trinajstić information content (AvgIpc) is 2.75. The maximum Gasteiger partial charge on any atom is 0.184 e. The highest BCUT2D eigenvalue weighted by molar-refractivity contribution is 6.69. The highest BCUT2D eigenvalue weighted by atomic mass is 28.4. The minimum Gasteiger partial charge on any atom is -0.414 e. The molecule has 1 aliphatic carbocycles. The van der Waals surface area contributed by atoms with Crippen LogP contribution in [-0.4, -0.2) is 14.4 Å². The van der Waals surface area contributed by atoms with Gasteiger partial charge in [0, 0.05) is 6.10 Å². The monoisotopic (exact) mass is 326 g/mol. The van der Waals surface area contributed by atoms with E-state index in [-0.39, 0.29) is 0 Å². The maximum absolute atomic E-state index is 6.67. The van der Waals surface area contributed by atoms with Gasteiger partial charge in [-0.25, -0.2) is 0 Å². The van der Waals surface area contributed by atoms with E-state index in [4.69, 9.17) is 4.43 Å². The Morgan fingerprint density at radius 3 is 1.77 bits per heavy atom. The molecule has 1 nitrogen and oxygen atoms in total. The molecule has 0 amide bonds. The van der Waals surface area contributed by atoms with Crippen LogP contribution >= 0.6 is 0 Å². The van der Waals surface area contributed by atoms with E-state index in [1.165, 1.54) is 64.2 Å². The van der Waals surface area contributed by atoms with Gasteiger partial charge in [0.1, 0.15) is 0 Å². The minimum atomic E-state index is -1.42. The zero-order chi connectivity index (χ0) is 16.6. The summed E-state index contributed by atoms with van der Waals surface area (Å²) in [6.07, 6.45) is 14.5. The number of hydrogen-bond donors (Lipinski definition) is 0. The Morgan fingerprint density at radius 1 is 0.773 bits per heavy atom. The van der Waals surface area contributed by atoms with E-state index < -0.39 is 8.32 Å². The predicted molar refractivity (Wildman–Crippen MR) is 102 cm³/mol. The van der Waals surface area contributed by atoms with Crippen LogP contribution in [0.4, 0.5) is 0 Å². The highest BCUT2D eigenvalue weighted by Gasteiger charge is 2.43. The second-order valence-electron chi connectivity index (χ2n) is 8.52. The minimum absolute atomic E-state index is 0.571. The van der Waals surface area contributed by atoms with Crippen molar-refractivity contribution in [3.05, 3.63) is 0 Å². The normalized spacial score (nSPS) is 29.2. The van der Waals surface area contributed by atoms with Gasteiger partial charge in [-0.15, -0.1) is 0 Å². The maximum atomic E-state index is 6.67.